The molecule has 1 aromatic carbocycles. The van der Waals surface area contributed by atoms with Crippen LogP contribution < -0.4 is 10.0 Å². The first-order chi connectivity index (χ1) is 8.70. The van der Waals surface area contributed by atoms with E-state index in [1.807, 2.05) is 0 Å². The number of aromatic hydroxyl groups is 1. The van der Waals surface area contributed by atoms with Crippen molar-refractivity contribution in [3.8, 4) is 5.75 Å². The van der Waals surface area contributed by atoms with Crippen LogP contribution >= 0.6 is 11.6 Å². The van der Waals surface area contributed by atoms with E-state index in [1.54, 1.807) is 0 Å². The Bertz CT molecular complexity index is 649. The molecule has 1 aliphatic rings. The monoisotopic (exact) mass is 308 g/mol. The molecule has 1 aromatic rings. The Morgan fingerprint density at radius 2 is 2.11 bits per heavy atom. The standard InChI is InChI=1S/C10H10ClFN2O4S/c11-6-2-7(12)8(3-9(6)15)14-4-5(1-10(14)16)19(13,17)18/h2-3,5,15H,1,4H2,(H2,13,17,18). The number of sulfonamides is 1. The van der Waals surface area contributed by atoms with Crippen LogP contribution in [0.4, 0.5) is 10.1 Å². The zero-order valence-corrected chi connectivity index (χ0v) is 11.1. The third kappa shape index (κ3) is 2.65. The van der Waals surface area contributed by atoms with Gasteiger partial charge in [-0.1, -0.05) is 11.6 Å². The van der Waals surface area contributed by atoms with Crippen molar-refractivity contribution in [2.24, 2.45) is 5.14 Å². The molecule has 6 nitrogen and oxygen atoms in total. The number of nitrogens with two attached hydrogens (primary N) is 1. The maximum Gasteiger partial charge on any atom is 0.228 e. The number of halogens is 2. The predicted molar refractivity (Wildman–Crippen MR) is 66.9 cm³/mol. The molecule has 1 amide bonds. The van der Waals surface area contributed by atoms with Crippen LogP contribution in [0.2, 0.25) is 5.02 Å². The molecule has 1 saturated heterocycles. The number of carbonyl (C=O) groups is 1. The Morgan fingerprint density at radius 3 is 2.63 bits per heavy atom. The van der Waals surface area contributed by atoms with Crippen LogP contribution in [-0.2, 0) is 14.8 Å². The van der Waals surface area contributed by atoms with Gasteiger partial charge in [-0.15, -0.1) is 0 Å². The first-order valence-electron chi connectivity index (χ1n) is 5.20. The van der Waals surface area contributed by atoms with Crippen LogP contribution in [0.1, 0.15) is 6.42 Å². The molecule has 1 atom stereocenters. The second kappa shape index (κ2) is 4.62. The van der Waals surface area contributed by atoms with Gasteiger partial charge in [-0.05, 0) is 6.07 Å². The molecule has 1 aliphatic heterocycles. The van der Waals surface area contributed by atoms with E-state index in [1.165, 1.54) is 0 Å². The fourth-order valence-electron chi connectivity index (χ4n) is 1.86. The van der Waals surface area contributed by atoms with Gasteiger partial charge >= 0.3 is 0 Å². The molecule has 0 aliphatic carbocycles. The normalized spacial score (nSPS) is 20.1. The Morgan fingerprint density at radius 1 is 1.47 bits per heavy atom. The summed E-state index contributed by atoms with van der Waals surface area (Å²) in [5, 5.41) is 13.1. The van der Waals surface area contributed by atoms with Gasteiger partial charge in [0.2, 0.25) is 15.9 Å². The molecule has 0 radical (unpaired) electrons. The summed E-state index contributed by atoms with van der Waals surface area (Å²) >= 11 is 5.52. The number of nitrogens with zero attached hydrogens (tertiary/aromatic N) is 1. The summed E-state index contributed by atoms with van der Waals surface area (Å²) in [6.45, 7) is -0.254. The van der Waals surface area contributed by atoms with Gasteiger partial charge in [-0.25, -0.2) is 17.9 Å². The summed E-state index contributed by atoms with van der Waals surface area (Å²) in [6.07, 6.45) is -0.318. The molecule has 0 bridgehead atoms. The third-order valence-corrected chi connectivity index (χ3v) is 4.41. The largest absolute Gasteiger partial charge is 0.506 e. The van der Waals surface area contributed by atoms with E-state index in [2.05, 4.69) is 0 Å². The first-order valence-corrected chi connectivity index (χ1v) is 7.19. The number of primary sulfonamides is 1. The summed E-state index contributed by atoms with van der Waals surface area (Å²) < 4.78 is 36.1. The highest BCUT2D eigenvalue weighted by Crippen LogP contribution is 2.34. The fourth-order valence-corrected chi connectivity index (χ4v) is 2.74. The van der Waals surface area contributed by atoms with Crippen LogP contribution in [0.5, 0.6) is 5.75 Å². The molecule has 19 heavy (non-hydrogen) atoms. The number of rotatable bonds is 2. The third-order valence-electron chi connectivity index (χ3n) is 2.86. The van der Waals surface area contributed by atoms with Crippen LogP contribution in [0.15, 0.2) is 12.1 Å². The molecule has 0 spiro atoms. The minimum atomic E-state index is -3.88. The Kier molecular flexibility index (Phi) is 3.41. The summed E-state index contributed by atoms with van der Waals surface area (Å²) in [5.41, 5.74) is -0.224. The molecule has 104 valence electrons. The SMILES string of the molecule is NS(=O)(=O)C1CC(=O)N(c2cc(O)c(Cl)cc2F)C1. The number of carbonyl (C=O) groups excluding carboxylic acids is 1. The first kappa shape index (κ1) is 14.0. The number of hydrogen-bond donors (Lipinski definition) is 2. The second-order valence-corrected chi connectivity index (χ2v) is 6.43. The molecule has 1 fully saturated rings. The molecular formula is C10H10ClFN2O4S. The van der Waals surface area contributed by atoms with Gasteiger partial charge in [0, 0.05) is 19.0 Å². The van der Waals surface area contributed by atoms with Crippen molar-refractivity contribution < 1.29 is 22.7 Å². The van der Waals surface area contributed by atoms with Gasteiger partial charge in [0.05, 0.1) is 10.7 Å². The second-order valence-electron chi connectivity index (χ2n) is 4.17. The lowest BCUT2D eigenvalue weighted by molar-refractivity contribution is -0.117. The lowest BCUT2D eigenvalue weighted by atomic mass is 10.2. The van der Waals surface area contributed by atoms with Crippen molar-refractivity contribution in [3.05, 3.63) is 23.0 Å². The van der Waals surface area contributed by atoms with E-state index < -0.39 is 32.7 Å². The highest BCUT2D eigenvalue weighted by molar-refractivity contribution is 7.89. The summed E-state index contributed by atoms with van der Waals surface area (Å²) in [4.78, 5) is 12.6. The zero-order chi connectivity index (χ0) is 14.4. The number of anilines is 1. The Hall–Kier alpha value is -1.38. The van der Waals surface area contributed by atoms with Crippen LogP contribution in [0, 0.1) is 5.82 Å². The zero-order valence-electron chi connectivity index (χ0n) is 9.51. The lowest BCUT2D eigenvalue weighted by Gasteiger charge is -2.17. The predicted octanol–water partition coefficient (Wildman–Crippen LogP) is 0.579. The van der Waals surface area contributed by atoms with E-state index in [9.17, 15) is 22.7 Å². The molecule has 1 unspecified atom stereocenters. The fraction of sp³-hybridized carbons (Fsp3) is 0.300. The summed E-state index contributed by atoms with van der Waals surface area (Å²) in [6, 6.07) is 1.82. The van der Waals surface area contributed by atoms with Crippen LogP contribution in [-0.4, -0.2) is 31.2 Å². The van der Waals surface area contributed by atoms with Gasteiger partial charge < -0.3 is 10.0 Å². The van der Waals surface area contributed by atoms with E-state index >= 15 is 0 Å². The minimum Gasteiger partial charge on any atom is -0.506 e. The van der Waals surface area contributed by atoms with E-state index in [0.29, 0.717) is 0 Å². The van der Waals surface area contributed by atoms with Gasteiger partial charge in [0.25, 0.3) is 0 Å². The summed E-state index contributed by atoms with van der Waals surface area (Å²) in [7, 11) is -3.88. The highest BCUT2D eigenvalue weighted by atomic mass is 35.5. The molecular weight excluding hydrogens is 299 g/mol. The minimum absolute atomic E-state index is 0.198. The molecule has 2 rings (SSSR count). The molecule has 0 aromatic heterocycles. The maximum absolute atomic E-state index is 13.7. The molecule has 9 heteroatoms. The van der Waals surface area contributed by atoms with Crippen molar-refractivity contribution in [1.29, 1.82) is 0 Å². The maximum atomic E-state index is 13.7. The summed E-state index contributed by atoms with van der Waals surface area (Å²) in [5.74, 6) is -1.81. The molecule has 3 N–H and O–H groups in total. The number of phenolic OH excluding ortho intramolecular Hbond substituents is 1. The van der Waals surface area contributed by atoms with E-state index in [-0.39, 0.29) is 23.7 Å². The molecule has 0 saturated carbocycles. The van der Waals surface area contributed by atoms with E-state index in [4.69, 9.17) is 16.7 Å². The van der Waals surface area contributed by atoms with Gasteiger partial charge in [0.1, 0.15) is 16.8 Å². The van der Waals surface area contributed by atoms with Crippen molar-refractivity contribution in [2.45, 2.75) is 11.7 Å². The highest BCUT2D eigenvalue weighted by Gasteiger charge is 2.38. The van der Waals surface area contributed by atoms with Crippen molar-refractivity contribution in [1.82, 2.24) is 0 Å². The van der Waals surface area contributed by atoms with Crippen molar-refractivity contribution >= 4 is 33.2 Å². The van der Waals surface area contributed by atoms with Gasteiger partial charge in [-0.2, -0.15) is 0 Å². The topological polar surface area (TPSA) is 101 Å². The average Bonchev–Trinajstić information content (AvgIpc) is 2.65. The lowest BCUT2D eigenvalue weighted by Crippen LogP contribution is -2.32. The van der Waals surface area contributed by atoms with Crippen molar-refractivity contribution in [3.63, 3.8) is 0 Å². The number of amides is 1. The van der Waals surface area contributed by atoms with Gasteiger partial charge in [-0.3, -0.25) is 4.79 Å². The van der Waals surface area contributed by atoms with E-state index in [0.717, 1.165) is 17.0 Å². The average molecular weight is 309 g/mol. The Labute approximate surface area is 113 Å². The number of benzene rings is 1. The molecule has 1 heterocycles. The Balaban J connectivity index is 2.39. The smallest absolute Gasteiger partial charge is 0.228 e. The van der Waals surface area contributed by atoms with Crippen LogP contribution in [0.25, 0.3) is 0 Å². The number of phenols is 1. The van der Waals surface area contributed by atoms with Crippen molar-refractivity contribution in [2.75, 3.05) is 11.4 Å². The quantitative estimate of drug-likeness (QED) is 0.834. The number of hydrogen-bond acceptors (Lipinski definition) is 4. The van der Waals surface area contributed by atoms with Crippen LogP contribution in [0.3, 0.4) is 0 Å². The van der Waals surface area contributed by atoms with Gasteiger partial charge in [0.15, 0.2) is 0 Å².